The van der Waals surface area contributed by atoms with Crippen LogP contribution in [0.25, 0.3) is 5.57 Å². The van der Waals surface area contributed by atoms with E-state index in [1.165, 1.54) is 25.3 Å². The van der Waals surface area contributed by atoms with Crippen molar-refractivity contribution in [1.82, 2.24) is 0 Å². The number of carbonyl (C=O) groups is 1. The Hall–Kier alpha value is -3.97. The minimum absolute atomic E-state index is 0.0873. The van der Waals surface area contributed by atoms with E-state index < -0.39 is 10.9 Å². The van der Waals surface area contributed by atoms with Crippen molar-refractivity contribution in [3.05, 3.63) is 57.1 Å². The van der Waals surface area contributed by atoms with Gasteiger partial charge in [0.15, 0.2) is 0 Å². The molecule has 0 spiro atoms. The second-order valence-electron chi connectivity index (χ2n) is 8.78. The SMILES string of the molecule is CCC#N.COc1cc2c(cc1N=Nc1ccc([N+](=O)[O-])cc1Cl)C(C)=CC(C)(C)N2CCCC(=O)O. The van der Waals surface area contributed by atoms with E-state index in [-0.39, 0.29) is 22.7 Å². The van der Waals surface area contributed by atoms with Crippen LogP contribution in [0.1, 0.15) is 52.5 Å². The van der Waals surface area contributed by atoms with Crippen molar-refractivity contribution in [3.8, 4) is 11.8 Å². The Labute approximate surface area is 221 Å². The number of azo groups is 1. The first-order valence-electron chi connectivity index (χ1n) is 11.6. The molecule has 3 rings (SSSR count). The third kappa shape index (κ3) is 7.51. The topological polar surface area (TPSA) is 141 Å². The summed E-state index contributed by atoms with van der Waals surface area (Å²) in [6, 6.07) is 9.65. The molecule has 0 amide bonds. The number of halogens is 1. The Morgan fingerprint density at radius 1 is 1.27 bits per heavy atom. The number of benzene rings is 2. The van der Waals surface area contributed by atoms with Crippen molar-refractivity contribution < 1.29 is 19.6 Å². The van der Waals surface area contributed by atoms with Gasteiger partial charge in [-0.05, 0) is 44.9 Å². The quantitative estimate of drug-likeness (QED) is 0.213. The number of fused-ring (bicyclic) bond motifs is 1. The van der Waals surface area contributed by atoms with Gasteiger partial charge in [0.25, 0.3) is 5.69 Å². The fourth-order valence-corrected chi connectivity index (χ4v) is 4.14. The number of carboxylic acids is 1. The van der Waals surface area contributed by atoms with Crippen LogP contribution in [0.3, 0.4) is 0 Å². The summed E-state index contributed by atoms with van der Waals surface area (Å²) in [6.45, 7) is 8.56. The molecule has 0 radical (unpaired) electrons. The van der Waals surface area contributed by atoms with Crippen molar-refractivity contribution >= 4 is 45.9 Å². The molecule has 0 fully saturated rings. The van der Waals surface area contributed by atoms with Crippen LogP contribution in [0.4, 0.5) is 22.7 Å². The number of nitro benzene ring substituents is 1. The zero-order valence-electron chi connectivity index (χ0n) is 21.5. The average molecular weight is 528 g/mol. The van der Waals surface area contributed by atoms with Crippen LogP contribution in [-0.2, 0) is 4.79 Å². The zero-order valence-corrected chi connectivity index (χ0v) is 22.2. The molecule has 0 saturated heterocycles. The van der Waals surface area contributed by atoms with Gasteiger partial charge in [0.1, 0.15) is 17.1 Å². The van der Waals surface area contributed by atoms with Crippen molar-refractivity contribution in [1.29, 1.82) is 5.26 Å². The molecular formula is C26H30ClN5O5. The summed E-state index contributed by atoms with van der Waals surface area (Å²) in [5, 5.41) is 36.1. The van der Waals surface area contributed by atoms with E-state index in [2.05, 4.69) is 35.1 Å². The fourth-order valence-electron chi connectivity index (χ4n) is 3.93. The molecule has 11 heteroatoms. The third-order valence-electron chi connectivity index (χ3n) is 5.62. The van der Waals surface area contributed by atoms with E-state index in [1.54, 1.807) is 0 Å². The second kappa shape index (κ2) is 12.8. The van der Waals surface area contributed by atoms with E-state index >= 15 is 0 Å². The maximum atomic E-state index is 11.0. The van der Waals surface area contributed by atoms with Crippen molar-refractivity contribution in [2.45, 2.75) is 52.5 Å². The summed E-state index contributed by atoms with van der Waals surface area (Å²) in [5.74, 6) is -0.334. The standard InChI is InChI=1S/C23H25ClN4O5.C3H5N/c1-14-13-23(2,3)27(9-5-6-22(29)30)20-12-21(33-4)19(11-16(14)20)26-25-18-8-7-15(28(31)32)10-17(18)24;1-2-3-4/h7-8,10-13H,5-6,9H2,1-4H3,(H,29,30);2H2,1H3. The lowest BCUT2D eigenvalue weighted by Crippen LogP contribution is -2.45. The molecule has 196 valence electrons. The van der Waals surface area contributed by atoms with Gasteiger partial charge in [-0.1, -0.05) is 24.6 Å². The van der Waals surface area contributed by atoms with Gasteiger partial charge in [-0.15, -0.1) is 10.2 Å². The van der Waals surface area contributed by atoms with Crippen LogP contribution >= 0.6 is 11.6 Å². The number of hydrogen-bond donors (Lipinski definition) is 1. The number of methoxy groups -OCH3 is 1. The minimum Gasteiger partial charge on any atom is -0.494 e. The Balaban J connectivity index is 0.00000112. The van der Waals surface area contributed by atoms with Gasteiger partial charge in [0.2, 0.25) is 0 Å². The molecule has 2 aromatic rings. The first kappa shape index (κ1) is 29.3. The number of allylic oxidation sites excluding steroid dienone is 1. The number of aliphatic carboxylic acids is 1. The predicted octanol–water partition coefficient (Wildman–Crippen LogP) is 7.46. The summed E-state index contributed by atoms with van der Waals surface area (Å²) in [5.41, 5.74) is 3.25. The van der Waals surface area contributed by atoms with Crippen LogP contribution < -0.4 is 9.64 Å². The van der Waals surface area contributed by atoms with Crippen LogP contribution in [-0.4, -0.2) is 35.2 Å². The Morgan fingerprint density at radius 3 is 2.46 bits per heavy atom. The normalized spacial score (nSPS) is 13.6. The van der Waals surface area contributed by atoms with Gasteiger partial charge in [-0.3, -0.25) is 14.9 Å². The zero-order chi connectivity index (χ0) is 27.8. The molecule has 37 heavy (non-hydrogen) atoms. The third-order valence-corrected chi connectivity index (χ3v) is 5.92. The lowest BCUT2D eigenvalue weighted by Gasteiger charge is -2.43. The van der Waals surface area contributed by atoms with E-state index in [9.17, 15) is 14.9 Å². The monoisotopic (exact) mass is 527 g/mol. The summed E-state index contributed by atoms with van der Waals surface area (Å²) in [7, 11) is 1.53. The highest BCUT2D eigenvalue weighted by atomic mass is 35.5. The molecule has 10 nitrogen and oxygen atoms in total. The molecule has 2 aromatic carbocycles. The summed E-state index contributed by atoms with van der Waals surface area (Å²) in [6.07, 6.45) is 3.36. The number of hydrogen-bond acceptors (Lipinski definition) is 8. The molecule has 0 atom stereocenters. The van der Waals surface area contributed by atoms with Crippen LogP contribution in [0, 0.1) is 21.4 Å². The maximum Gasteiger partial charge on any atom is 0.303 e. The number of non-ortho nitro benzene ring substituents is 1. The molecule has 0 aliphatic carbocycles. The van der Waals surface area contributed by atoms with Gasteiger partial charge in [0.05, 0.1) is 28.7 Å². The summed E-state index contributed by atoms with van der Waals surface area (Å²) < 4.78 is 5.56. The van der Waals surface area contributed by atoms with Crippen molar-refractivity contribution in [2.24, 2.45) is 10.2 Å². The lowest BCUT2D eigenvalue weighted by molar-refractivity contribution is -0.384. The number of ether oxygens (including phenoxy) is 1. The molecular weight excluding hydrogens is 498 g/mol. The van der Waals surface area contributed by atoms with Gasteiger partial charge in [-0.25, -0.2) is 0 Å². The van der Waals surface area contributed by atoms with Crippen LogP contribution in [0.15, 0.2) is 46.6 Å². The van der Waals surface area contributed by atoms with Gasteiger partial charge in [0, 0.05) is 48.8 Å². The van der Waals surface area contributed by atoms with Crippen molar-refractivity contribution in [3.63, 3.8) is 0 Å². The largest absolute Gasteiger partial charge is 0.494 e. The molecule has 1 heterocycles. The minimum atomic E-state index is -0.824. The molecule has 0 bridgehead atoms. The molecule has 0 unspecified atom stereocenters. The highest BCUT2D eigenvalue weighted by Crippen LogP contribution is 2.45. The first-order valence-corrected chi connectivity index (χ1v) is 12.0. The average Bonchev–Trinajstić information content (AvgIpc) is 2.84. The number of carboxylic acid groups (broad SMARTS) is 1. The lowest BCUT2D eigenvalue weighted by atomic mass is 9.88. The van der Waals surface area contributed by atoms with Gasteiger partial charge < -0.3 is 14.7 Å². The Bertz CT molecular complexity index is 1270. The molecule has 0 aromatic heterocycles. The maximum absolute atomic E-state index is 11.0. The first-order chi connectivity index (χ1) is 17.4. The highest BCUT2D eigenvalue weighted by Gasteiger charge is 2.32. The predicted molar refractivity (Wildman–Crippen MR) is 143 cm³/mol. The number of nitro groups is 1. The van der Waals surface area contributed by atoms with Gasteiger partial charge >= 0.3 is 5.97 Å². The molecule has 0 saturated carbocycles. The van der Waals surface area contributed by atoms with E-state index in [0.29, 0.717) is 36.5 Å². The second-order valence-corrected chi connectivity index (χ2v) is 9.18. The Kier molecular flexibility index (Phi) is 10.1. The van der Waals surface area contributed by atoms with Crippen molar-refractivity contribution in [2.75, 3.05) is 18.6 Å². The van der Waals surface area contributed by atoms with Crippen LogP contribution in [0.5, 0.6) is 5.75 Å². The van der Waals surface area contributed by atoms with Gasteiger partial charge in [-0.2, -0.15) is 5.26 Å². The number of nitriles is 1. The smallest absolute Gasteiger partial charge is 0.303 e. The highest BCUT2D eigenvalue weighted by molar-refractivity contribution is 6.33. The van der Waals surface area contributed by atoms with E-state index in [4.69, 9.17) is 26.7 Å². The number of nitrogens with zero attached hydrogens (tertiary/aromatic N) is 5. The molecule has 1 N–H and O–H groups in total. The fraction of sp³-hybridized carbons (Fsp3) is 0.385. The van der Waals surface area contributed by atoms with E-state index in [1.807, 2.05) is 32.0 Å². The summed E-state index contributed by atoms with van der Waals surface area (Å²) >= 11 is 6.13. The molecule has 1 aliphatic heterocycles. The van der Waals surface area contributed by atoms with Crippen LogP contribution in [0.2, 0.25) is 5.02 Å². The number of rotatable bonds is 8. The number of anilines is 1. The summed E-state index contributed by atoms with van der Waals surface area (Å²) in [4.78, 5) is 23.5. The Morgan fingerprint density at radius 2 is 1.92 bits per heavy atom. The van der Waals surface area contributed by atoms with E-state index in [0.717, 1.165) is 16.8 Å². The molecule has 1 aliphatic rings.